The van der Waals surface area contributed by atoms with E-state index in [2.05, 4.69) is 11.5 Å². The molecular weight excluding hydrogens is 464 g/mol. The van der Waals surface area contributed by atoms with Crippen molar-refractivity contribution in [1.82, 2.24) is 9.97 Å². The van der Waals surface area contributed by atoms with Gasteiger partial charge in [0.05, 0.1) is 5.52 Å². The highest BCUT2D eigenvalue weighted by Gasteiger charge is 2.25. The number of allylic oxidation sites excluding steroid dienone is 5. The Balaban J connectivity index is 1.74. The van der Waals surface area contributed by atoms with Gasteiger partial charge in [-0.2, -0.15) is 0 Å². The maximum Gasteiger partial charge on any atom is 0.162 e. The van der Waals surface area contributed by atoms with Crippen molar-refractivity contribution in [2.45, 2.75) is 13.3 Å². The van der Waals surface area contributed by atoms with Gasteiger partial charge in [-0.05, 0) is 73.0 Å². The molecule has 1 aromatic heterocycles. The third-order valence-electron chi connectivity index (χ3n) is 6.06. The number of rotatable bonds is 5. The monoisotopic (exact) mass is 485 g/mol. The molecule has 4 aromatic rings. The molecule has 35 heavy (non-hydrogen) atoms. The van der Waals surface area contributed by atoms with E-state index in [-0.39, 0.29) is 5.56 Å². The van der Waals surface area contributed by atoms with Crippen LogP contribution in [0.15, 0.2) is 85.5 Å². The van der Waals surface area contributed by atoms with Gasteiger partial charge >= 0.3 is 0 Å². The van der Waals surface area contributed by atoms with Crippen molar-refractivity contribution in [2.75, 3.05) is 11.4 Å². The van der Waals surface area contributed by atoms with Crippen LogP contribution in [0.25, 0.3) is 27.6 Å². The molecule has 3 nitrogen and oxygen atoms in total. The first-order chi connectivity index (χ1) is 17.0. The summed E-state index contributed by atoms with van der Waals surface area (Å²) >= 11 is 6.22. The van der Waals surface area contributed by atoms with Gasteiger partial charge in [-0.1, -0.05) is 48.6 Å². The van der Waals surface area contributed by atoms with Crippen LogP contribution in [0.2, 0.25) is 5.02 Å². The molecule has 0 radical (unpaired) electrons. The highest BCUT2D eigenvalue weighted by molar-refractivity contribution is 6.30. The lowest BCUT2D eigenvalue weighted by Gasteiger charge is -2.21. The van der Waals surface area contributed by atoms with Crippen LogP contribution in [0.4, 0.5) is 20.3 Å². The normalized spacial score (nSPS) is 13.6. The standard InChI is InChI=1S/C29H22ClF2N3/c1-3-5-6-18(4-2)28-33-26-16-19(24-17-22(31)9-11-25(24)32)7-10-23(26)29(34-28)35-14-13-20-15-21(30)8-12-27(20)35/h3-12,15-17H,2,13-14H2,1H3/b5-3-,18-6+. The first kappa shape index (κ1) is 22.9. The Bertz CT molecular complexity index is 1520. The molecule has 6 heteroatoms. The Morgan fingerprint density at radius 2 is 1.91 bits per heavy atom. The first-order valence-corrected chi connectivity index (χ1v) is 11.7. The number of hydrogen-bond donors (Lipinski definition) is 0. The minimum absolute atomic E-state index is 0.183. The minimum atomic E-state index is -0.499. The van der Waals surface area contributed by atoms with E-state index < -0.39 is 11.6 Å². The van der Waals surface area contributed by atoms with Gasteiger partial charge in [-0.15, -0.1) is 0 Å². The van der Waals surface area contributed by atoms with E-state index in [0.717, 1.165) is 53.1 Å². The smallest absolute Gasteiger partial charge is 0.162 e. The maximum atomic E-state index is 14.5. The van der Waals surface area contributed by atoms with Crippen molar-refractivity contribution in [3.05, 3.63) is 114 Å². The molecule has 3 aromatic carbocycles. The largest absolute Gasteiger partial charge is 0.325 e. The topological polar surface area (TPSA) is 29.0 Å². The van der Waals surface area contributed by atoms with Gasteiger partial charge in [-0.3, -0.25) is 0 Å². The highest BCUT2D eigenvalue weighted by Crippen LogP contribution is 2.39. The lowest BCUT2D eigenvalue weighted by Crippen LogP contribution is -2.16. The molecule has 0 saturated carbocycles. The van der Waals surface area contributed by atoms with E-state index in [4.69, 9.17) is 21.6 Å². The molecule has 5 rings (SSSR count). The average Bonchev–Trinajstić information content (AvgIpc) is 3.28. The van der Waals surface area contributed by atoms with E-state index >= 15 is 0 Å². The van der Waals surface area contributed by atoms with Crippen LogP contribution in [-0.2, 0) is 6.42 Å². The summed E-state index contributed by atoms with van der Waals surface area (Å²) in [6.45, 7) is 6.59. The molecule has 0 bridgehead atoms. The van der Waals surface area contributed by atoms with Gasteiger partial charge in [0.25, 0.3) is 0 Å². The Labute approximate surface area is 207 Å². The fourth-order valence-corrected chi connectivity index (χ4v) is 4.55. The third-order valence-corrected chi connectivity index (χ3v) is 6.29. The third kappa shape index (κ3) is 4.35. The summed E-state index contributed by atoms with van der Waals surface area (Å²) in [5, 5.41) is 1.51. The van der Waals surface area contributed by atoms with E-state index in [1.807, 2.05) is 49.4 Å². The Morgan fingerprint density at radius 1 is 1.06 bits per heavy atom. The van der Waals surface area contributed by atoms with Crippen molar-refractivity contribution < 1.29 is 8.78 Å². The molecule has 0 fully saturated rings. The summed E-state index contributed by atoms with van der Waals surface area (Å²) in [5.41, 5.74) is 4.29. The van der Waals surface area contributed by atoms with Gasteiger partial charge in [0.1, 0.15) is 17.5 Å². The Morgan fingerprint density at radius 3 is 2.71 bits per heavy atom. The van der Waals surface area contributed by atoms with Crippen LogP contribution in [0.1, 0.15) is 18.3 Å². The lowest BCUT2D eigenvalue weighted by atomic mass is 10.0. The number of anilines is 2. The second kappa shape index (κ2) is 9.43. The van der Waals surface area contributed by atoms with Crippen LogP contribution in [0.3, 0.4) is 0 Å². The lowest BCUT2D eigenvalue weighted by molar-refractivity contribution is 0.603. The molecule has 0 saturated heterocycles. The summed E-state index contributed by atoms with van der Waals surface area (Å²) in [7, 11) is 0. The molecular formula is C29H22ClF2N3. The van der Waals surface area contributed by atoms with Gasteiger partial charge in [0, 0.05) is 33.8 Å². The fourth-order valence-electron chi connectivity index (χ4n) is 4.36. The minimum Gasteiger partial charge on any atom is -0.325 e. The second-order valence-electron chi connectivity index (χ2n) is 8.25. The van der Waals surface area contributed by atoms with Crippen molar-refractivity contribution in [2.24, 2.45) is 0 Å². The number of halogens is 3. The average molecular weight is 486 g/mol. The SMILES string of the molecule is C=C/C(=C\C=C/C)c1nc(N2CCc3cc(Cl)ccc32)c2ccc(-c3cc(F)ccc3F)cc2n1. The fraction of sp³-hybridized carbons (Fsp3) is 0.103. The zero-order chi connectivity index (χ0) is 24.5. The Hall–Kier alpha value is -3.83. The zero-order valence-corrected chi connectivity index (χ0v) is 19.9. The van der Waals surface area contributed by atoms with E-state index in [9.17, 15) is 8.78 Å². The molecule has 0 spiro atoms. The molecule has 0 aliphatic carbocycles. The second-order valence-corrected chi connectivity index (χ2v) is 8.69. The van der Waals surface area contributed by atoms with Gasteiger partial charge in [0.2, 0.25) is 0 Å². The summed E-state index contributed by atoms with van der Waals surface area (Å²) in [5.74, 6) is 0.247. The van der Waals surface area contributed by atoms with E-state index in [1.165, 1.54) is 6.07 Å². The maximum absolute atomic E-state index is 14.5. The van der Waals surface area contributed by atoms with Crippen molar-refractivity contribution >= 4 is 39.6 Å². The first-order valence-electron chi connectivity index (χ1n) is 11.3. The van der Waals surface area contributed by atoms with Crippen LogP contribution < -0.4 is 4.90 Å². The number of benzene rings is 3. The molecule has 1 aliphatic rings. The van der Waals surface area contributed by atoms with Crippen molar-refractivity contribution in [3.8, 4) is 11.1 Å². The molecule has 0 N–H and O–H groups in total. The van der Waals surface area contributed by atoms with Gasteiger partial charge < -0.3 is 4.90 Å². The number of aromatic nitrogens is 2. The van der Waals surface area contributed by atoms with Crippen molar-refractivity contribution in [1.29, 1.82) is 0 Å². The van der Waals surface area contributed by atoms with Crippen LogP contribution in [-0.4, -0.2) is 16.5 Å². The molecule has 0 unspecified atom stereocenters. The zero-order valence-electron chi connectivity index (χ0n) is 19.1. The van der Waals surface area contributed by atoms with Crippen LogP contribution in [0, 0.1) is 11.6 Å². The molecule has 0 amide bonds. The van der Waals surface area contributed by atoms with E-state index in [0.29, 0.717) is 21.9 Å². The highest BCUT2D eigenvalue weighted by atomic mass is 35.5. The summed E-state index contributed by atoms with van der Waals surface area (Å²) in [4.78, 5) is 11.9. The number of hydrogen-bond acceptors (Lipinski definition) is 3. The molecule has 174 valence electrons. The molecule has 0 atom stereocenters. The van der Waals surface area contributed by atoms with E-state index in [1.54, 1.807) is 18.2 Å². The quantitative estimate of drug-likeness (QED) is 0.268. The van der Waals surface area contributed by atoms with Crippen LogP contribution >= 0.6 is 11.6 Å². The van der Waals surface area contributed by atoms with Crippen LogP contribution in [0.5, 0.6) is 0 Å². The molecule has 1 aliphatic heterocycles. The summed E-state index contributed by atoms with van der Waals surface area (Å²) in [6, 6.07) is 14.7. The Kier molecular flexibility index (Phi) is 6.18. The predicted octanol–water partition coefficient (Wildman–Crippen LogP) is 8.07. The number of fused-ring (bicyclic) bond motifs is 2. The van der Waals surface area contributed by atoms with Gasteiger partial charge in [-0.25, -0.2) is 18.7 Å². The number of nitrogens with zero attached hydrogens (tertiary/aromatic N) is 3. The van der Waals surface area contributed by atoms with Gasteiger partial charge in [0.15, 0.2) is 5.82 Å². The van der Waals surface area contributed by atoms with Crippen molar-refractivity contribution in [3.63, 3.8) is 0 Å². The summed E-state index contributed by atoms with van der Waals surface area (Å²) < 4.78 is 28.4. The predicted molar refractivity (Wildman–Crippen MR) is 140 cm³/mol. The molecule has 2 heterocycles. The summed E-state index contributed by atoms with van der Waals surface area (Å²) in [6.07, 6.45) is 8.25.